The van der Waals surface area contributed by atoms with Crippen molar-refractivity contribution in [3.8, 4) is 0 Å². The van der Waals surface area contributed by atoms with Crippen LogP contribution in [-0.4, -0.2) is 21.9 Å². The lowest BCUT2D eigenvalue weighted by Gasteiger charge is -2.12. The number of fused-ring (bicyclic) bond motifs is 1. The molecule has 1 atom stereocenters. The van der Waals surface area contributed by atoms with Crippen molar-refractivity contribution < 1.29 is 4.79 Å². The number of carbonyl (C=O) groups is 1. The molecular weight excluding hydrogens is 300 g/mol. The summed E-state index contributed by atoms with van der Waals surface area (Å²) in [6, 6.07) is 15.4. The highest BCUT2D eigenvalue weighted by atomic mass is 16.1. The lowest BCUT2D eigenvalue weighted by Crippen LogP contribution is -2.31. The molecule has 0 saturated carbocycles. The summed E-state index contributed by atoms with van der Waals surface area (Å²) in [7, 11) is 0. The van der Waals surface area contributed by atoms with Gasteiger partial charge in [0.15, 0.2) is 0 Å². The Labute approximate surface area is 141 Å². The summed E-state index contributed by atoms with van der Waals surface area (Å²) in [6.07, 6.45) is 2.45. The van der Waals surface area contributed by atoms with Crippen LogP contribution in [0.15, 0.2) is 54.9 Å². The van der Waals surface area contributed by atoms with E-state index < -0.39 is 0 Å². The number of rotatable bonds is 5. The molecule has 0 bridgehead atoms. The fraction of sp³-hybridized carbons (Fsp3) is 0.211. The number of hydrogen-bond donors (Lipinski definition) is 2. The van der Waals surface area contributed by atoms with Gasteiger partial charge in [-0.1, -0.05) is 19.1 Å². The van der Waals surface area contributed by atoms with E-state index >= 15 is 0 Å². The number of amides is 1. The monoisotopic (exact) mass is 320 g/mol. The molecule has 3 rings (SSSR count). The van der Waals surface area contributed by atoms with Crippen LogP contribution in [0.2, 0.25) is 0 Å². The molecule has 3 aromatic rings. The van der Waals surface area contributed by atoms with Crippen molar-refractivity contribution in [1.29, 1.82) is 0 Å². The first-order chi connectivity index (χ1) is 11.7. The molecule has 122 valence electrons. The van der Waals surface area contributed by atoms with Gasteiger partial charge in [-0.05, 0) is 49.7 Å². The minimum absolute atomic E-state index is 0.0524. The maximum absolute atomic E-state index is 12.1. The summed E-state index contributed by atoms with van der Waals surface area (Å²) in [6.45, 7) is 4.04. The molecule has 0 fully saturated rings. The van der Waals surface area contributed by atoms with Crippen LogP contribution in [0.4, 0.5) is 11.5 Å². The zero-order valence-electron chi connectivity index (χ0n) is 13.8. The summed E-state index contributed by atoms with van der Waals surface area (Å²) in [5, 5.41) is 7.20. The van der Waals surface area contributed by atoms with Crippen molar-refractivity contribution >= 4 is 28.3 Å². The molecule has 1 unspecified atom stereocenters. The Balaban J connectivity index is 1.77. The van der Waals surface area contributed by atoms with Crippen LogP contribution in [0.25, 0.3) is 10.9 Å². The Bertz CT molecular complexity index is 840. The van der Waals surface area contributed by atoms with Gasteiger partial charge in [0.1, 0.15) is 12.1 Å². The predicted molar refractivity (Wildman–Crippen MR) is 96.5 cm³/mol. The van der Waals surface area contributed by atoms with Crippen LogP contribution in [0, 0.1) is 0 Å². The number of nitrogens with one attached hydrogen (secondary N) is 2. The molecule has 0 saturated heterocycles. The third kappa shape index (κ3) is 3.51. The number of nitrogens with zero attached hydrogens (tertiary/aromatic N) is 2. The van der Waals surface area contributed by atoms with Gasteiger partial charge in [-0.25, -0.2) is 9.97 Å². The number of aromatic nitrogens is 2. The molecule has 0 aliphatic rings. The Morgan fingerprint density at radius 1 is 1.08 bits per heavy atom. The summed E-state index contributed by atoms with van der Waals surface area (Å²) in [5.41, 5.74) is 2.41. The van der Waals surface area contributed by atoms with E-state index in [4.69, 9.17) is 0 Å². The molecule has 0 radical (unpaired) electrons. The first kappa shape index (κ1) is 15.9. The topological polar surface area (TPSA) is 66.9 Å². The van der Waals surface area contributed by atoms with Gasteiger partial charge in [-0.3, -0.25) is 4.79 Å². The van der Waals surface area contributed by atoms with Gasteiger partial charge in [0.25, 0.3) is 5.91 Å². The largest absolute Gasteiger partial charge is 0.350 e. The Kier molecular flexibility index (Phi) is 4.70. The molecule has 0 spiro atoms. The van der Waals surface area contributed by atoms with Crippen LogP contribution in [0.1, 0.15) is 30.6 Å². The number of carbonyl (C=O) groups excluding carboxylic acids is 1. The molecule has 1 aromatic heterocycles. The highest BCUT2D eigenvalue weighted by Gasteiger charge is 2.09. The van der Waals surface area contributed by atoms with Gasteiger partial charge >= 0.3 is 0 Å². The quantitative estimate of drug-likeness (QED) is 0.748. The van der Waals surface area contributed by atoms with Crippen molar-refractivity contribution in [3.63, 3.8) is 0 Å². The fourth-order valence-corrected chi connectivity index (χ4v) is 2.36. The zero-order valence-corrected chi connectivity index (χ0v) is 13.8. The highest BCUT2D eigenvalue weighted by Crippen LogP contribution is 2.22. The molecule has 24 heavy (non-hydrogen) atoms. The average Bonchev–Trinajstić information content (AvgIpc) is 2.62. The van der Waals surface area contributed by atoms with E-state index in [0.29, 0.717) is 5.56 Å². The Morgan fingerprint density at radius 2 is 1.83 bits per heavy atom. The average molecular weight is 320 g/mol. The zero-order chi connectivity index (χ0) is 16.9. The molecule has 5 heteroatoms. The number of benzene rings is 2. The van der Waals surface area contributed by atoms with Crippen LogP contribution >= 0.6 is 0 Å². The standard InChI is InChI=1S/C19H20N4O/c1-3-13(2)22-19(24)14-8-10-15(11-9-14)23-18-16-6-4-5-7-17(16)20-12-21-18/h4-13H,3H2,1-2H3,(H,22,24)(H,20,21,23). The summed E-state index contributed by atoms with van der Waals surface area (Å²) < 4.78 is 0. The fourth-order valence-electron chi connectivity index (χ4n) is 2.36. The van der Waals surface area contributed by atoms with E-state index in [1.807, 2.05) is 62.4 Å². The maximum Gasteiger partial charge on any atom is 0.251 e. The lowest BCUT2D eigenvalue weighted by atomic mass is 10.1. The number of hydrogen-bond acceptors (Lipinski definition) is 4. The molecule has 2 N–H and O–H groups in total. The van der Waals surface area contributed by atoms with Crippen LogP contribution in [0.5, 0.6) is 0 Å². The van der Waals surface area contributed by atoms with Crippen molar-refractivity contribution in [2.75, 3.05) is 5.32 Å². The molecular formula is C19H20N4O. The van der Waals surface area contributed by atoms with Gasteiger partial charge in [0.2, 0.25) is 0 Å². The van der Waals surface area contributed by atoms with Gasteiger partial charge in [0.05, 0.1) is 5.52 Å². The lowest BCUT2D eigenvalue weighted by molar-refractivity contribution is 0.0939. The van der Waals surface area contributed by atoms with Gasteiger partial charge in [-0.2, -0.15) is 0 Å². The minimum Gasteiger partial charge on any atom is -0.350 e. The third-order valence-corrected chi connectivity index (χ3v) is 3.94. The SMILES string of the molecule is CCC(C)NC(=O)c1ccc(Nc2ncnc3ccccc23)cc1. The summed E-state index contributed by atoms with van der Waals surface area (Å²) in [5.74, 6) is 0.695. The van der Waals surface area contributed by atoms with Crippen molar-refractivity contribution in [3.05, 3.63) is 60.4 Å². The predicted octanol–water partition coefficient (Wildman–Crippen LogP) is 3.90. The van der Waals surface area contributed by atoms with E-state index in [1.165, 1.54) is 0 Å². The second kappa shape index (κ2) is 7.08. The summed E-state index contributed by atoms with van der Waals surface area (Å²) >= 11 is 0. The van der Waals surface area contributed by atoms with Crippen LogP contribution in [0.3, 0.4) is 0 Å². The second-order valence-corrected chi connectivity index (χ2v) is 5.72. The molecule has 1 heterocycles. The van der Waals surface area contributed by atoms with E-state index in [2.05, 4.69) is 20.6 Å². The van der Waals surface area contributed by atoms with Gasteiger partial charge in [-0.15, -0.1) is 0 Å². The molecule has 0 aliphatic carbocycles. The second-order valence-electron chi connectivity index (χ2n) is 5.72. The smallest absolute Gasteiger partial charge is 0.251 e. The molecule has 0 aliphatic heterocycles. The van der Waals surface area contributed by atoms with E-state index in [9.17, 15) is 4.79 Å². The maximum atomic E-state index is 12.1. The van der Waals surface area contributed by atoms with Crippen LogP contribution < -0.4 is 10.6 Å². The highest BCUT2D eigenvalue weighted by molar-refractivity contribution is 5.95. The van der Waals surface area contributed by atoms with Crippen molar-refractivity contribution in [1.82, 2.24) is 15.3 Å². The number of para-hydroxylation sites is 1. The van der Waals surface area contributed by atoms with Gasteiger partial charge < -0.3 is 10.6 Å². The van der Waals surface area contributed by atoms with Crippen molar-refractivity contribution in [2.24, 2.45) is 0 Å². The Morgan fingerprint density at radius 3 is 2.58 bits per heavy atom. The minimum atomic E-state index is -0.0524. The van der Waals surface area contributed by atoms with E-state index in [0.717, 1.165) is 28.8 Å². The van der Waals surface area contributed by atoms with Crippen molar-refractivity contribution in [2.45, 2.75) is 26.3 Å². The van der Waals surface area contributed by atoms with Crippen LogP contribution in [-0.2, 0) is 0 Å². The first-order valence-corrected chi connectivity index (χ1v) is 8.05. The van der Waals surface area contributed by atoms with Gasteiger partial charge in [0, 0.05) is 22.7 Å². The summed E-state index contributed by atoms with van der Waals surface area (Å²) in [4.78, 5) is 20.7. The molecule has 2 aromatic carbocycles. The molecule has 1 amide bonds. The number of anilines is 2. The van der Waals surface area contributed by atoms with E-state index in [-0.39, 0.29) is 11.9 Å². The normalized spacial score (nSPS) is 11.9. The first-order valence-electron chi connectivity index (χ1n) is 8.05. The Hall–Kier alpha value is -2.95. The van der Waals surface area contributed by atoms with E-state index in [1.54, 1.807) is 6.33 Å². The third-order valence-electron chi connectivity index (χ3n) is 3.94. The molecule has 5 nitrogen and oxygen atoms in total.